The molecule has 0 N–H and O–H groups in total. The zero-order valence-electron chi connectivity index (χ0n) is 11.0. The summed E-state index contributed by atoms with van der Waals surface area (Å²) < 4.78 is -0.451. The SMILES string of the molecule is ClC1=C[C@@H]2[C@@H]3[C@@H]4[C@@H](C4(Cl)Cl)C4(CC4)[C@@H]3[C@H]([C@@H]1Cl)C21CC1. The molecule has 2 spiro atoms. The molecule has 0 saturated heterocycles. The number of hydrogen-bond donors (Lipinski definition) is 0. The van der Waals surface area contributed by atoms with E-state index in [1.807, 2.05) is 0 Å². The fourth-order valence-electron chi connectivity index (χ4n) is 7.18. The van der Waals surface area contributed by atoms with Crippen molar-refractivity contribution < 1.29 is 0 Å². The number of fused-ring (bicyclic) bond motifs is 7. The number of alkyl halides is 3. The Morgan fingerprint density at radius 2 is 1.60 bits per heavy atom. The molecule has 6 aliphatic rings. The van der Waals surface area contributed by atoms with Crippen LogP contribution >= 0.6 is 46.4 Å². The predicted molar refractivity (Wildman–Crippen MR) is 82.3 cm³/mol. The number of hydrogen-bond acceptors (Lipinski definition) is 0. The molecule has 0 aromatic heterocycles. The van der Waals surface area contributed by atoms with Crippen molar-refractivity contribution in [1.29, 1.82) is 0 Å². The van der Waals surface area contributed by atoms with Crippen molar-refractivity contribution in [3.05, 3.63) is 11.1 Å². The Balaban J connectivity index is 1.56. The lowest BCUT2D eigenvalue weighted by molar-refractivity contribution is 0.182. The molecule has 0 nitrogen and oxygen atoms in total. The summed E-state index contributed by atoms with van der Waals surface area (Å²) in [6, 6.07) is 0. The molecular weight excluding hydrogens is 334 g/mol. The van der Waals surface area contributed by atoms with Crippen molar-refractivity contribution in [3.8, 4) is 0 Å². The highest BCUT2D eigenvalue weighted by Gasteiger charge is 2.90. The predicted octanol–water partition coefficient (Wildman–Crippen LogP) is 5.20. The van der Waals surface area contributed by atoms with Gasteiger partial charge in [0.25, 0.3) is 0 Å². The summed E-state index contributed by atoms with van der Waals surface area (Å²) in [5, 5.41) is 0.941. The van der Waals surface area contributed by atoms with Crippen LogP contribution in [0.3, 0.4) is 0 Å². The topological polar surface area (TPSA) is 0 Å². The Morgan fingerprint density at radius 1 is 0.950 bits per heavy atom. The van der Waals surface area contributed by atoms with Gasteiger partial charge in [-0.2, -0.15) is 0 Å². The molecule has 0 aromatic carbocycles. The summed E-state index contributed by atoms with van der Waals surface area (Å²) in [4.78, 5) is 0. The lowest BCUT2D eigenvalue weighted by Crippen LogP contribution is -2.35. The Bertz CT molecular complexity index is 571. The smallest absolute Gasteiger partial charge is 0.117 e. The van der Waals surface area contributed by atoms with Gasteiger partial charge in [0.15, 0.2) is 0 Å². The standard InChI is InChI=1S/C16H16Cl4/c17-7-5-6-8-9(11(12(7)18)14(6)1-2-14)15(3-4-15)13-10(8)16(13,19)20/h5-6,8-13H,1-4H2/t6-,8+,9+,10-,11-,12-,13-/m1/s1. The zero-order chi connectivity index (χ0) is 13.7. The lowest BCUT2D eigenvalue weighted by Gasteiger charge is -2.36. The van der Waals surface area contributed by atoms with Gasteiger partial charge < -0.3 is 0 Å². The summed E-state index contributed by atoms with van der Waals surface area (Å²) in [7, 11) is 0. The van der Waals surface area contributed by atoms with E-state index in [1.54, 1.807) is 0 Å². The van der Waals surface area contributed by atoms with Crippen LogP contribution in [0.15, 0.2) is 11.1 Å². The molecule has 0 amide bonds. The van der Waals surface area contributed by atoms with Gasteiger partial charge in [-0.05, 0) is 60.2 Å². The van der Waals surface area contributed by atoms with Crippen molar-refractivity contribution in [2.24, 2.45) is 46.3 Å². The fraction of sp³-hybridized carbons (Fsp3) is 0.875. The van der Waals surface area contributed by atoms with Crippen LogP contribution in [0.4, 0.5) is 0 Å². The normalized spacial score (nSPS) is 60.2. The van der Waals surface area contributed by atoms with E-state index in [0.29, 0.717) is 40.4 Å². The van der Waals surface area contributed by atoms with Crippen molar-refractivity contribution >= 4 is 46.4 Å². The highest BCUT2D eigenvalue weighted by atomic mass is 35.5. The Morgan fingerprint density at radius 3 is 2.20 bits per heavy atom. The summed E-state index contributed by atoms with van der Waals surface area (Å²) in [6.45, 7) is 0. The first-order valence-corrected chi connectivity index (χ1v) is 9.41. The molecule has 5 saturated carbocycles. The van der Waals surface area contributed by atoms with Crippen molar-refractivity contribution in [1.82, 2.24) is 0 Å². The number of allylic oxidation sites excluding steroid dienone is 2. The van der Waals surface area contributed by atoms with Gasteiger partial charge in [-0.25, -0.2) is 0 Å². The fourth-order valence-corrected chi connectivity index (χ4v) is 9.05. The molecule has 0 unspecified atom stereocenters. The zero-order valence-corrected chi connectivity index (χ0v) is 14.0. The third kappa shape index (κ3) is 1.02. The van der Waals surface area contributed by atoms with Crippen LogP contribution in [-0.4, -0.2) is 9.71 Å². The summed E-state index contributed by atoms with van der Waals surface area (Å²) in [5.74, 6) is 3.65. The molecule has 2 bridgehead atoms. The molecule has 5 fully saturated rings. The lowest BCUT2D eigenvalue weighted by atomic mass is 9.72. The van der Waals surface area contributed by atoms with E-state index in [4.69, 9.17) is 46.4 Å². The van der Waals surface area contributed by atoms with E-state index in [-0.39, 0.29) is 5.38 Å². The van der Waals surface area contributed by atoms with Crippen LogP contribution < -0.4 is 0 Å². The van der Waals surface area contributed by atoms with Crippen LogP contribution in [0.5, 0.6) is 0 Å². The van der Waals surface area contributed by atoms with Crippen molar-refractivity contribution in [2.45, 2.75) is 35.4 Å². The first-order chi connectivity index (χ1) is 9.45. The number of halogens is 4. The van der Waals surface area contributed by atoms with Gasteiger partial charge in [0.2, 0.25) is 0 Å². The molecular formula is C16H16Cl4. The molecule has 0 aromatic rings. The highest BCUT2D eigenvalue weighted by molar-refractivity contribution is 6.51. The third-order valence-corrected chi connectivity index (χ3v) is 9.88. The van der Waals surface area contributed by atoms with Crippen LogP contribution in [-0.2, 0) is 0 Å². The van der Waals surface area contributed by atoms with Crippen molar-refractivity contribution in [2.75, 3.05) is 0 Å². The molecule has 108 valence electrons. The van der Waals surface area contributed by atoms with Gasteiger partial charge in [-0.1, -0.05) is 17.7 Å². The largest absolute Gasteiger partial charge is 0.125 e. The second-order valence-electron chi connectivity index (χ2n) is 8.25. The maximum Gasteiger partial charge on any atom is 0.125 e. The van der Waals surface area contributed by atoms with Crippen LogP contribution in [0.1, 0.15) is 25.7 Å². The molecule has 6 rings (SSSR count). The number of rotatable bonds is 0. The average molecular weight is 350 g/mol. The van der Waals surface area contributed by atoms with Crippen LogP contribution in [0.25, 0.3) is 0 Å². The van der Waals surface area contributed by atoms with Gasteiger partial charge in [0, 0.05) is 16.9 Å². The molecule has 4 heteroatoms. The van der Waals surface area contributed by atoms with E-state index in [0.717, 1.165) is 11.0 Å². The maximum atomic E-state index is 6.77. The Hall–Kier alpha value is 0.900. The van der Waals surface area contributed by atoms with Gasteiger partial charge in [-0.15, -0.1) is 34.8 Å². The molecule has 6 aliphatic carbocycles. The monoisotopic (exact) mass is 348 g/mol. The first kappa shape index (κ1) is 12.3. The Labute approximate surface area is 139 Å². The highest BCUT2D eigenvalue weighted by Crippen LogP contribution is 2.92. The van der Waals surface area contributed by atoms with Crippen LogP contribution in [0, 0.1) is 46.3 Å². The first-order valence-electron chi connectivity index (χ1n) is 7.84. The van der Waals surface area contributed by atoms with E-state index in [9.17, 15) is 0 Å². The van der Waals surface area contributed by atoms with Gasteiger partial charge in [0.05, 0.1) is 5.38 Å². The minimum atomic E-state index is -0.451. The molecule has 7 atom stereocenters. The summed E-state index contributed by atoms with van der Waals surface area (Å²) in [5.41, 5.74) is 0.892. The average Bonchev–Trinajstić information content (AvgIpc) is 3.23. The quantitative estimate of drug-likeness (QED) is 0.527. The molecule has 20 heavy (non-hydrogen) atoms. The van der Waals surface area contributed by atoms with Gasteiger partial charge >= 0.3 is 0 Å². The molecule has 0 radical (unpaired) electrons. The van der Waals surface area contributed by atoms with Crippen molar-refractivity contribution in [3.63, 3.8) is 0 Å². The minimum Gasteiger partial charge on any atom is -0.117 e. The minimum absolute atomic E-state index is 0.0421. The van der Waals surface area contributed by atoms with Gasteiger partial charge in [0.1, 0.15) is 4.33 Å². The summed E-state index contributed by atoms with van der Waals surface area (Å²) >= 11 is 26.6. The summed E-state index contributed by atoms with van der Waals surface area (Å²) in [6.07, 6.45) is 7.61. The third-order valence-electron chi connectivity index (χ3n) is 7.92. The maximum absolute atomic E-state index is 6.77. The van der Waals surface area contributed by atoms with Crippen LogP contribution in [0.2, 0.25) is 0 Å². The van der Waals surface area contributed by atoms with E-state index < -0.39 is 4.33 Å². The van der Waals surface area contributed by atoms with E-state index in [2.05, 4.69) is 6.08 Å². The second-order valence-corrected chi connectivity index (χ2v) is 10.6. The van der Waals surface area contributed by atoms with E-state index >= 15 is 0 Å². The molecule has 0 heterocycles. The molecule has 0 aliphatic heterocycles. The van der Waals surface area contributed by atoms with E-state index in [1.165, 1.54) is 25.7 Å². The van der Waals surface area contributed by atoms with Gasteiger partial charge in [-0.3, -0.25) is 0 Å². The second kappa shape index (κ2) is 3.10. The Kier molecular flexibility index (Phi) is 1.91.